The smallest absolute Gasteiger partial charge is 0.313 e. The number of hydrogen-bond acceptors (Lipinski definition) is 4. The molecule has 1 heterocycles. The van der Waals surface area contributed by atoms with E-state index in [1.807, 2.05) is 0 Å². The molecule has 1 rings (SSSR count). The molecule has 0 aromatic rings. The summed E-state index contributed by atoms with van der Waals surface area (Å²) in [6.07, 6.45) is 1.14. The molecule has 1 fully saturated rings. The summed E-state index contributed by atoms with van der Waals surface area (Å²) in [6, 6.07) is 1.06. The fourth-order valence-electron chi connectivity index (χ4n) is 1.94. The Bertz CT molecular complexity index is 278. The van der Waals surface area contributed by atoms with Gasteiger partial charge in [0.05, 0.1) is 0 Å². The first-order valence-electron chi connectivity index (χ1n) is 6.63. The predicted octanol–water partition coefficient (Wildman–Crippen LogP) is 2.13. The lowest BCUT2D eigenvalue weighted by molar-refractivity contribution is 0.266. The molecule has 0 aromatic heterocycles. The van der Waals surface area contributed by atoms with Crippen LogP contribution in [-0.4, -0.2) is 36.4 Å². The molecule has 4 nitrogen and oxygen atoms in total. The standard InChI is InChI=1S/C10H28O4Si4/c1-10(2,3)8-9-16-11-15-12-17(4,5)14-18(6,7)13-16/h16H,8-9,15H2,1-7H3. The Morgan fingerprint density at radius 1 is 1.06 bits per heavy atom. The van der Waals surface area contributed by atoms with Crippen molar-refractivity contribution in [1.82, 2.24) is 0 Å². The molecule has 0 bridgehead atoms. The maximum absolute atomic E-state index is 6.23. The van der Waals surface area contributed by atoms with Gasteiger partial charge < -0.3 is 16.5 Å². The van der Waals surface area contributed by atoms with Crippen molar-refractivity contribution in [3.8, 4) is 0 Å². The second kappa shape index (κ2) is 6.00. The highest BCUT2D eigenvalue weighted by atomic mass is 28.5. The molecule has 18 heavy (non-hydrogen) atoms. The lowest BCUT2D eigenvalue weighted by Crippen LogP contribution is -2.55. The van der Waals surface area contributed by atoms with Crippen LogP contribution in [-0.2, 0) is 16.5 Å². The lowest BCUT2D eigenvalue weighted by atomic mass is 9.94. The topological polar surface area (TPSA) is 36.9 Å². The van der Waals surface area contributed by atoms with E-state index >= 15 is 0 Å². The van der Waals surface area contributed by atoms with E-state index in [-0.39, 0.29) is 0 Å². The van der Waals surface area contributed by atoms with Crippen LogP contribution in [0.2, 0.25) is 32.2 Å². The molecule has 1 saturated heterocycles. The zero-order valence-electron chi connectivity index (χ0n) is 12.8. The number of rotatable bonds is 2. The van der Waals surface area contributed by atoms with Gasteiger partial charge in [-0.05, 0) is 44.1 Å². The number of hydrogen-bond donors (Lipinski definition) is 0. The third-order valence-corrected chi connectivity index (χ3v) is 16.0. The summed E-state index contributed by atoms with van der Waals surface area (Å²) in [4.78, 5) is 0. The summed E-state index contributed by atoms with van der Waals surface area (Å²) < 4.78 is 24.2. The SMILES string of the molecule is CC(C)(C)CC[SiH]1O[SiH2]O[Si](C)(C)O[Si](C)(C)O1. The average molecular weight is 325 g/mol. The molecule has 0 N–H and O–H groups in total. The summed E-state index contributed by atoms with van der Waals surface area (Å²) in [6.45, 7) is 15.2. The largest absolute Gasteiger partial charge is 0.422 e. The van der Waals surface area contributed by atoms with E-state index in [0.717, 1.165) is 12.5 Å². The lowest BCUT2D eigenvalue weighted by Gasteiger charge is -2.38. The Balaban J connectivity index is 2.57. The van der Waals surface area contributed by atoms with Gasteiger partial charge in [-0.3, -0.25) is 0 Å². The van der Waals surface area contributed by atoms with E-state index in [1.54, 1.807) is 0 Å². The van der Waals surface area contributed by atoms with Crippen molar-refractivity contribution in [2.45, 2.75) is 59.4 Å². The molecule has 0 saturated carbocycles. The summed E-state index contributed by atoms with van der Waals surface area (Å²) in [7, 11) is -6.58. The van der Waals surface area contributed by atoms with Crippen LogP contribution in [0.3, 0.4) is 0 Å². The molecule has 0 aliphatic carbocycles. The minimum absolute atomic E-state index is 0.338. The third-order valence-electron chi connectivity index (χ3n) is 2.70. The van der Waals surface area contributed by atoms with Gasteiger partial charge in [0.2, 0.25) is 0 Å². The van der Waals surface area contributed by atoms with Gasteiger partial charge in [-0.15, -0.1) is 0 Å². The second-order valence-corrected chi connectivity index (χ2v) is 18.5. The van der Waals surface area contributed by atoms with E-state index in [4.69, 9.17) is 16.5 Å². The van der Waals surface area contributed by atoms with E-state index < -0.39 is 36.4 Å². The predicted molar refractivity (Wildman–Crippen MR) is 83.9 cm³/mol. The Kier molecular flexibility index (Phi) is 5.58. The fraction of sp³-hybridized carbons (Fsp3) is 1.00. The van der Waals surface area contributed by atoms with E-state index in [2.05, 4.69) is 47.0 Å². The van der Waals surface area contributed by atoms with E-state index in [0.29, 0.717) is 5.41 Å². The van der Waals surface area contributed by atoms with Crippen molar-refractivity contribution >= 4 is 36.4 Å². The van der Waals surface area contributed by atoms with Crippen molar-refractivity contribution in [2.24, 2.45) is 5.41 Å². The zero-order chi connectivity index (χ0) is 14.0. The van der Waals surface area contributed by atoms with Gasteiger partial charge in [0.1, 0.15) is 0 Å². The van der Waals surface area contributed by atoms with Crippen molar-refractivity contribution in [3.05, 3.63) is 0 Å². The molecule has 0 spiro atoms. The van der Waals surface area contributed by atoms with Crippen LogP contribution in [0.5, 0.6) is 0 Å². The Hall–Kier alpha value is 0.708. The molecule has 108 valence electrons. The molecular formula is C10H28O4Si4. The quantitative estimate of drug-likeness (QED) is 0.729. The van der Waals surface area contributed by atoms with Crippen LogP contribution in [0.4, 0.5) is 0 Å². The van der Waals surface area contributed by atoms with E-state index in [9.17, 15) is 0 Å². The normalized spacial score (nSPS) is 29.8. The maximum Gasteiger partial charge on any atom is 0.313 e. The summed E-state index contributed by atoms with van der Waals surface area (Å²) in [5.74, 6) is 0. The second-order valence-electron chi connectivity index (χ2n) is 6.98. The molecule has 0 radical (unpaired) electrons. The monoisotopic (exact) mass is 324 g/mol. The highest BCUT2D eigenvalue weighted by Crippen LogP contribution is 2.26. The first-order valence-corrected chi connectivity index (χ1v) is 15.2. The first-order chi connectivity index (χ1) is 7.99. The molecular weight excluding hydrogens is 296 g/mol. The molecule has 8 heteroatoms. The van der Waals surface area contributed by atoms with Crippen molar-refractivity contribution in [2.75, 3.05) is 0 Å². The van der Waals surface area contributed by atoms with Gasteiger partial charge in [-0.1, -0.05) is 20.8 Å². The summed E-state index contributed by atoms with van der Waals surface area (Å²) in [5, 5.41) is 0. The first kappa shape index (κ1) is 16.8. The van der Waals surface area contributed by atoms with Crippen LogP contribution in [0.15, 0.2) is 0 Å². The van der Waals surface area contributed by atoms with Crippen molar-refractivity contribution in [1.29, 1.82) is 0 Å². The highest BCUT2D eigenvalue weighted by Gasteiger charge is 2.40. The molecule has 0 amide bonds. The Morgan fingerprint density at radius 3 is 2.22 bits per heavy atom. The maximum atomic E-state index is 6.23. The van der Waals surface area contributed by atoms with Crippen LogP contribution in [0, 0.1) is 5.41 Å². The van der Waals surface area contributed by atoms with Gasteiger partial charge in [0.15, 0.2) is 0 Å². The Labute approximate surface area is 118 Å². The molecule has 1 aliphatic rings. The minimum Gasteiger partial charge on any atom is -0.422 e. The van der Waals surface area contributed by atoms with E-state index in [1.165, 1.54) is 0 Å². The van der Waals surface area contributed by atoms with Gasteiger partial charge >= 0.3 is 26.4 Å². The van der Waals surface area contributed by atoms with Crippen molar-refractivity contribution < 1.29 is 16.5 Å². The van der Waals surface area contributed by atoms with Crippen LogP contribution in [0.25, 0.3) is 0 Å². The average Bonchev–Trinajstić information content (AvgIpc) is 2.07. The Morgan fingerprint density at radius 2 is 1.67 bits per heavy atom. The van der Waals surface area contributed by atoms with Gasteiger partial charge in [0.25, 0.3) is 10.0 Å². The summed E-state index contributed by atoms with van der Waals surface area (Å²) >= 11 is 0. The molecule has 1 unspecified atom stereocenters. The van der Waals surface area contributed by atoms with Crippen LogP contribution in [0.1, 0.15) is 27.2 Å². The third kappa shape index (κ3) is 6.75. The van der Waals surface area contributed by atoms with Gasteiger partial charge in [0, 0.05) is 0 Å². The fourth-order valence-corrected chi connectivity index (χ4v) is 16.4. The molecule has 0 aromatic carbocycles. The van der Waals surface area contributed by atoms with Crippen LogP contribution < -0.4 is 0 Å². The zero-order valence-corrected chi connectivity index (χ0v) is 17.4. The molecule has 1 atom stereocenters. The molecule has 1 aliphatic heterocycles. The van der Waals surface area contributed by atoms with Gasteiger partial charge in [-0.2, -0.15) is 0 Å². The van der Waals surface area contributed by atoms with Crippen molar-refractivity contribution in [3.63, 3.8) is 0 Å². The summed E-state index contributed by atoms with van der Waals surface area (Å²) in [5.41, 5.74) is 0.338. The minimum atomic E-state index is -2.07. The highest BCUT2D eigenvalue weighted by molar-refractivity contribution is 6.84. The van der Waals surface area contributed by atoms with Gasteiger partial charge in [-0.25, -0.2) is 0 Å². The van der Waals surface area contributed by atoms with Crippen LogP contribution >= 0.6 is 0 Å².